The van der Waals surface area contributed by atoms with Crippen LogP contribution in [-0.4, -0.2) is 34.6 Å². The molecule has 1 unspecified atom stereocenters. The van der Waals surface area contributed by atoms with Crippen molar-refractivity contribution in [2.45, 2.75) is 75.9 Å². The zero-order valence-corrected chi connectivity index (χ0v) is 20.6. The fourth-order valence-electron chi connectivity index (χ4n) is 4.07. The zero-order chi connectivity index (χ0) is 22.9. The van der Waals surface area contributed by atoms with E-state index in [0.29, 0.717) is 13.0 Å². The molecular weight excluding hydrogens is 440 g/mol. The third kappa shape index (κ3) is 7.56. The molecule has 0 spiro atoms. The first-order valence-corrected chi connectivity index (χ1v) is 12.8. The summed E-state index contributed by atoms with van der Waals surface area (Å²) < 4.78 is 0. The first-order valence-electron chi connectivity index (χ1n) is 11.5. The van der Waals surface area contributed by atoms with Crippen molar-refractivity contribution in [1.82, 2.24) is 10.2 Å². The van der Waals surface area contributed by atoms with Crippen molar-refractivity contribution in [3.8, 4) is 0 Å². The van der Waals surface area contributed by atoms with Crippen molar-refractivity contribution >= 4 is 35.2 Å². The molecule has 1 saturated carbocycles. The Morgan fingerprint density at radius 3 is 2.56 bits per heavy atom. The van der Waals surface area contributed by atoms with Gasteiger partial charge in [-0.3, -0.25) is 9.59 Å². The molecule has 172 valence electrons. The van der Waals surface area contributed by atoms with E-state index in [1.165, 1.54) is 0 Å². The molecule has 2 aromatic rings. The van der Waals surface area contributed by atoms with Crippen LogP contribution < -0.4 is 5.32 Å². The predicted molar refractivity (Wildman–Crippen MR) is 133 cm³/mol. The summed E-state index contributed by atoms with van der Waals surface area (Å²) in [7, 11) is 0. The number of nitrogens with one attached hydrogen (secondary N) is 1. The maximum Gasteiger partial charge on any atom is 0.242 e. The maximum absolute atomic E-state index is 13.2. The van der Waals surface area contributed by atoms with Crippen LogP contribution in [0.15, 0.2) is 53.4 Å². The van der Waals surface area contributed by atoms with E-state index in [2.05, 4.69) is 11.4 Å². The highest BCUT2D eigenvalue weighted by atomic mass is 35.5. The van der Waals surface area contributed by atoms with E-state index < -0.39 is 6.04 Å². The maximum atomic E-state index is 13.2. The standard InChI is InChI=1S/C26H33ClN2O2S/c1-19-7-5-8-21(17-19)18-29(20(2)26(31)28-23-9-3-4-10-23)25(30)11-6-16-32-24-14-12-22(27)13-15-24/h5,7-8,12-15,17,20,23H,3-4,6,9-11,16,18H2,1-2H3,(H,28,31). The molecule has 1 atom stereocenters. The molecule has 0 heterocycles. The molecule has 4 nitrogen and oxygen atoms in total. The highest BCUT2D eigenvalue weighted by molar-refractivity contribution is 7.99. The lowest BCUT2D eigenvalue weighted by Crippen LogP contribution is -2.49. The number of carbonyl (C=O) groups is 2. The van der Waals surface area contributed by atoms with Crippen LogP contribution in [0.4, 0.5) is 0 Å². The molecule has 1 aliphatic carbocycles. The lowest BCUT2D eigenvalue weighted by Gasteiger charge is -2.30. The fraction of sp³-hybridized carbons (Fsp3) is 0.462. The molecule has 0 aromatic heterocycles. The predicted octanol–water partition coefficient (Wildman–Crippen LogP) is 6.00. The van der Waals surface area contributed by atoms with Crippen molar-refractivity contribution in [1.29, 1.82) is 0 Å². The molecule has 0 saturated heterocycles. The third-order valence-electron chi connectivity index (χ3n) is 5.92. The van der Waals surface area contributed by atoms with E-state index in [0.717, 1.165) is 58.9 Å². The fourth-order valence-corrected chi connectivity index (χ4v) is 5.05. The number of nitrogens with zero attached hydrogens (tertiary/aromatic N) is 1. The highest BCUT2D eigenvalue weighted by Gasteiger charge is 2.28. The summed E-state index contributed by atoms with van der Waals surface area (Å²) in [5, 5.41) is 3.88. The summed E-state index contributed by atoms with van der Waals surface area (Å²) in [4.78, 5) is 29.0. The molecule has 3 rings (SSSR count). The number of rotatable bonds is 10. The smallest absolute Gasteiger partial charge is 0.242 e. The minimum Gasteiger partial charge on any atom is -0.352 e. The number of thioether (sulfide) groups is 1. The summed E-state index contributed by atoms with van der Waals surface area (Å²) in [5.74, 6) is 0.819. The zero-order valence-electron chi connectivity index (χ0n) is 19.0. The Labute approximate surface area is 201 Å². The lowest BCUT2D eigenvalue weighted by atomic mass is 10.1. The van der Waals surface area contributed by atoms with Crippen LogP contribution in [-0.2, 0) is 16.1 Å². The van der Waals surface area contributed by atoms with Gasteiger partial charge >= 0.3 is 0 Å². The van der Waals surface area contributed by atoms with Crippen LogP contribution in [0.3, 0.4) is 0 Å². The van der Waals surface area contributed by atoms with Gasteiger partial charge in [-0.15, -0.1) is 11.8 Å². The van der Waals surface area contributed by atoms with Crippen LogP contribution in [0.5, 0.6) is 0 Å². The average molecular weight is 473 g/mol. The number of carbonyl (C=O) groups excluding carboxylic acids is 2. The van der Waals surface area contributed by atoms with E-state index in [9.17, 15) is 9.59 Å². The average Bonchev–Trinajstić information content (AvgIpc) is 3.28. The van der Waals surface area contributed by atoms with Crippen LogP contribution in [0.2, 0.25) is 5.02 Å². The van der Waals surface area contributed by atoms with Gasteiger partial charge in [-0.05, 0) is 68.7 Å². The summed E-state index contributed by atoms with van der Waals surface area (Å²) in [5.41, 5.74) is 2.20. The molecule has 0 aliphatic heterocycles. The van der Waals surface area contributed by atoms with E-state index in [-0.39, 0.29) is 17.9 Å². The second kappa shape index (κ2) is 12.3. The van der Waals surface area contributed by atoms with Crippen molar-refractivity contribution in [3.05, 3.63) is 64.7 Å². The van der Waals surface area contributed by atoms with Gasteiger partial charge in [0.1, 0.15) is 6.04 Å². The number of benzene rings is 2. The minimum atomic E-state index is -0.493. The lowest BCUT2D eigenvalue weighted by molar-refractivity contribution is -0.140. The van der Waals surface area contributed by atoms with E-state index in [4.69, 9.17) is 11.6 Å². The molecule has 1 aliphatic rings. The topological polar surface area (TPSA) is 49.4 Å². The molecule has 0 bridgehead atoms. The van der Waals surface area contributed by atoms with Gasteiger partial charge in [0, 0.05) is 28.9 Å². The Hall–Kier alpha value is -1.98. The number of amides is 2. The first kappa shape index (κ1) is 24.7. The normalized spacial score (nSPS) is 14.8. The van der Waals surface area contributed by atoms with Gasteiger partial charge in [0.05, 0.1) is 0 Å². The molecule has 2 aromatic carbocycles. The van der Waals surface area contributed by atoms with Crippen LogP contribution in [0.1, 0.15) is 56.6 Å². The molecule has 1 N–H and O–H groups in total. The van der Waals surface area contributed by atoms with Crippen molar-refractivity contribution < 1.29 is 9.59 Å². The Balaban J connectivity index is 1.59. The number of hydrogen-bond acceptors (Lipinski definition) is 3. The summed E-state index contributed by atoms with van der Waals surface area (Å²) in [6, 6.07) is 15.6. The largest absolute Gasteiger partial charge is 0.352 e. The second-order valence-electron chi connectivity index (χ2n) is 8.58. The Morgan fingerprint density at radius 1 is 1.16 bits per heavy atom. The number of halogens is 1. The van der Waals surface area contributed by atoms with E-state index >= 15 is 0 Å². The molecule has 0 radical (unpaired) electrons. The van der Waals surface area contributed by atoms with Crippen molar-refractivity contribution in [2.24, 2.45) is 0 Å². The Kier molecular flexibility index (Phi) is 9.49. The summed E-state index contributed by atoms with van der Waals surface area (Å²) in [6.07, 6.45) is 5.58. The molecule has 2 amide bonds. The SMILES string of the molecule is Cc1cccc(CN(C(=O)CCCSc2ccc(Cl)cc2)C(C)C(=O)NC2CCCC2)c1. The summed E-state index contributed by atoms with van der Waals surface area (Å²) >= 11 is 7.66. The van der Waals surface area contributed by atoms with Gasteiger partial charge in [0.2, 0.25) is 11.8 Å². The minimum absolute atomic E-state index is 0.0253. The van der Waals surface area contributed by atoms with Gasteiger partial charge in [-0.1, -0.05) is 54.3 Å². The monoisotopic (exact) mass is 472 g/mol. The third-order valence-corrected chi connectivity index (χ3v) is 7.27. The van der Waals surface area contributed by atoms with Gasteiger partial charge in [0.15, 0.2) is 0 Å². The Bertz CT molecular complexity index is 897. The van der Waals surface area contributed by atoms with E-state index in [1.54, 1.807) is 16.7 Å². The van der Waals surface area contributed by atoms with Crippen LogP contribution >= 0.6 is 23.4 Å². The van der Waals surface area contributed by atoms with Crippen LogP contribution in [0, 0.1) is 6.92 Å². The van der Waals surface area contributed by atoms with E-state index in [1.807, 2.05) is 56.3 Å². The Morgan fingerprint density at radius 2 is 1.88 bits per heavy atom. The first-order chi connectivity index (χ1) is 15.4. The van der Waals surface area contributed by atoms with Crippen molar-refractivity contribution in [3.63, 3.8) is 0 Å². The number of aryl methyl sites for hydroxylation is 1. The van der Waals surface area contributed by atoms with Gasteiger partial charge in [-0.25, -0.2) is 0 Å². The van der Waals surface area contributed by atoms with Gasteiger partial charge < -0.3 is 10.2 Å². The molecule has 32 heavy (non-hydrogen) atoms. The quantitative estimate of drug-likeness (QED) is 0.341. The van der Waals surface area contributed by atoms with Crippen LogP contribution in [0.25, 0.3) is 0 Å². The second-order valence-corrected chi connectivity index (χ2v) is 10.2. The molecular formula is C26H33ClN2O2S. The highest BCUT2D eigenvalue weighted by Crippen LogP contribution is 2.22. The number of hydrogen-bond donors (Lipinski definition) is 1. The van der Waals surface area contributed by atoms with Gasteiger partial charge in [-0.2, -0.15) is 0 Å². The molecule has 1 fully saturated rings. The van der Waals surface area contributed by atoms with Gasteiger partial charge in [0.25, 0.3) is 0 Å². The molecule has 6 heteroatoms. The van der Waals surface area contributed by atoms with Crippen molar-refractivity contribution in [2.75, 3.05) is 5.75 Å². The summed E-state index contributed by atoms with van der Waals surface area (Å²) in [6.45, 7) is 4.34.